The van der Waals surface area contributed by atoms with Gasteiger partial charge in [-0.2, -0.15) is 5.26 Å². The van der Waals surface area contributed by atoms with Crippen LogP contribution in [0.3, 0.4) is 0 Å². The first kappa shape index (κ1) is 15.2. The predicted octanol–water partition coefficient (Wildman–Crippen LogP) is 2.51. The molecule has 1 atom stereocenters. The molecule has 6 heteroatoms. The van der Waals surface area contributed by atoms with Crippen molar-refractivity contribution in [1.29, 1.82) is 5.26 Å². The smallest absolute Gasteiger partial charge is 0.225 e. The molecule has 1 saturated heterocycles. The number of aromatic nitrogens is 2. The van der Waals surface area contributed by atoms with Gasteiger partial charge in [0.25, 0.3) is 0 Å². The summed E-state index contributed by atoms with van der Waals surface area (Å²) in [6, 6.07) is 8.59. The zero-order valence-electron chi connectivity index (χ0n) is 13.2. The van der Waals surface area contributed by atoms with Crippen molar-refractivity contribution >= 4 is 11.6 Å². The first-order valence-electron chi connectivity index (χ1n) is 7.55. The number of nitriles is 1. The molecule has 1 aliphatic heterocycles. The molecule has 1 aromatic heterocycles. The highest BCUT2D eigenvalue weighted by molar-refractivity contribution is 5.53. The van der Waals surface area contributed by atoms with Crippen molar-refractivity contribution in [2.45, 2.75) is 19.4 Å². The van der Waals surface area contributed by atoms with Crippen LogP contribution in [0.1, 0.15) is 17.7 Å². The lowest BCUT2D eigenvalue weighted by molar-refractivity contribution is 0.626. The quantitative estimate of drug-likeness (QED) is 0.872. The third-order valence-corrected chi connectivity index (χ3v) is 4.19. The summed E-state index contributed by atoms with van der Waals surface area (Å²) < 4.78 is 13.6. The first-order chi connectivity index (χ1) is 11.1. The van der Waals surface area contributed by atoms with E-state index >= 15 is 0 Å². The van der Waals surface area contributed by atoms with Crippen LogP contribution in [0.15, 0.2) is 30.5 Å². The highest BCUT2D eigenvalue weighted by Gasteiger charge is 2.27. The molecule has 1 unspecified atom stereocenters. The molecule has 3 rings (SSSR count). The SMILES string of the molecule is Cc1ccnc(N(C)C2CCN(c3cc(F)cc(C#N)c3)C2)n1. The van der Waals surface area contributed by atoms with Crippen LogP contribution in [-0.4, -0.2) is 36.1 Å². The highest BCUT2D eigenvalue weighted by atomic mass is 19.1. The van der Waals surface area contributed by atoms with Crippen molar-refractivity contribution in [2.75, 3.05) is 29.9 Å². The number of likely N-dealkylation sites (N-methyl/N-ethyl adjacent to an activating group) is 1. The minimum absolute atomic E-state index is 0.255. The average Bonchev–Trinajstić information content (AvgIpc) is 3.03. The molecule has 1 fully saturated rings. The Morgan fingerprint density at radius 2 is 2.22 bits per heavy atom. The number of halogens is 1. The summed E-state index contributed by atoms with van der Waals surface area (Å²) in [5, 5.41) is 8.98. The Morgan fingerprint density at radius 3 is 2.96 bits per heavy atom. The van der Waals surface area contributed by atoms with Gasteiger partial charge < -0.3 is 9.80 Å². The average molecular weight is 311 g/mol. The summed E-state index contributed by atoms with van der Waals surface area (Å²) in [5.74, 6) is 0.326. The van der Waals surface area contributed by atoms with Gasteiger partial charge in [-0.1, -0.05) is 0 Å². The van der Waals surface area contributed by atoms with E-state index in [-0.39, 0.29) is 11.9 Å². The van der Waals surface area contributed by atoms with Crippen molar-refractivity contribution < 1.29 is 4.39 Å². The largest absolute Gasteiger partial charge is 0.369 e. The van der Waals surface area contributed by atoms with Crippen LogP contribution < -0.4 is 9.80 Å². The van der Waals surface area contributed by atoms with Gasteiger partial charge in [0.15, 0.2) is 0 Å². The Bertz CT molecular complexity index is 755. The third-order valence-electron chi connectivity index (χ3n) is 4.19. The number of benzene rings is 1. The van der Waals surface area contributed by atoms with E-state index in [4.69, 9.17) is 5.26 Å². The number of nitrogens with zero attached hydrogens (tertiary/aromatic N) is 5. The van der Waals surface area contributed by atoms with Crippen LogP contribution in [0.2, 0.25) is 0 Å². The van der Waals surface area contributed by atoms with Crippen molar-refractivity contribution in [3.05, 3.63) is 47.5 Å². The molecule has 2 aromatic rings. The lowest BCUT2D eigenvalue weighted by atomic mass is 10.2. The van der Waals surface area contributed by atoms with Gasteiger partial charge >= 0.3 is 0 Å². The van der Waals surface area contributed by atoms with Crippen LogP contribution in [-0.2, 0) is 0 Å². The Kier molecular flexibility index (Phi) is 4.11. The zero-order valence-corrected chi connectivity index (χ0v) is 13.2. The summed E-state index contributed by atoms with van der Waals surface area (Å²) in [4.78, 5) is 12.9. The van der Waals surface area contributed by atoms with Crippen LogP contribution in [0.5, 0.6) is 0 Å². The minimum Gasteiger partial charge on any atom is -0.369 e. The Hall–Kier alpha value is -2.68. The van der Waals surface area contributed by atoms with Gasteiger partial charge in [0.2, 0.25) is 5.95 Å². The van der Waals surface area contributed by atoms with E-state index < -0.39 is 0 Å². The van der Waals surface area contributed by atoms with E-state index in [0.717, 1.165) is 30.9 Å². The summed E-state index contributed by atoms with van der Waals surface area (Å²) in [7, 11) is 1.98. The molecule has 5 nitrogen and oxygen atoms in total. The topological polar surface area (TPSA) is 56.1 Å². The molecule has 0 N–H and O–H groups in total. The molecular formula is C17H18FN5. The molecule has 118 valence electrons. The number of anilines is 2. The normalized spacial score (nSPS) is 17.1. The second-order valence-electron chi connectivity index (χ2n) is 5.81. The molecule has 1 aromatic carbocycles. The van der Waals surface area contributed by atoms with Gasteiger partial charge in [-0.25, -0.2) is 14.4 Å². The van der Waals surface area contributed by atoms with E-state index in [1.807, 2.05) is 26.1 Å². The Labute approximate surface area is 135 Å². The van der Waals surface area contributed by atoms with Crippen LogP contribution in [0.25, 0.3) is 0 Å². The van der Waals surface area contributed by atoms with Crippen molar-refractivity contribution in [2.24, 2.45) is 0 Å². The molecular weight excluding hydrogens is 293 g/mol. The first-order valence-corrected chi connectivity index (χ1v) is 7.55. The van der Waals surface area contributed by atoms with E-state index in [9.17, 15) is 4.39 Å². The van der Waals surface area contributed by atoms with Gasteiger partial charge in [0, 0.05) is 37.7 Å². The fraction of sp³-hybridized carbons (Fsp3) is 0.353. The maximum atomic E-state index is 13.6. The fourth-order valence-electron chi connectivity index (χ4n) is 2.88. The van der Waals surface area contributed by atoms with Crippen molar-refractivity contribution in [1.82, 2.24) is 9.97 Å². The standard InChI is InChI=1S/C17H18FN5/c1-12-3-5-20-17(21-12)22(2)15-4-6-23(11-15)16-8-13(10-19)7-14(18)9-16/h3,5,7-9,15H,4,6,11H2,1-2H3. The number of aryl methyl sites for hydroxylation is 1. The van der Waals surface area contributed by atoms with Gasteiger partial charge in [0.1, 0.15) is 5.82 Å². The molecule has 2 heterocycles. The number of hydrogen-bond acceptors (Lipinski definition) is 5. The lowest BCUT2D eigenvalue weighted by Gasteiger charge is -2.25. The highest BCUT2D eigenvalue weighted by Crippen LogP contribution is 2.25. The van der Waals surface area contributed by atoms with E-state index in [0.29, 0.717) is 11.5 Å². The minimum atomic E-state index is -0.377. The zero-order chi connectivity index (χ0) is 16.4. The fourth-order valence-corrected chi connectivity index (χ4v) is 2.88. The van der Waals surface area contributed by atoms with E-state index in [2.05, 4.69) is 19.8 Å². The molecule has 0 amide bonds. The van der Waals surface area contributed by atoms with Crippen LogP contribution in [0.4, 0.5) is 16.0 Å². The van der Waals surface area contributed by atoms with Crippen LogP contribution in [0, 0.1) is 24.1 Å². The third kappa shape index (κ3) is 3.24. The second kappa shape index (κ2) is 6.21. The maximum absolute atomic E-state index is 13.6. The summed E-state index contributed by atoms with van der Waals surface area (Å²) >= 11 is 0. The number of hydrogen-bond donors (Lipinski definition) is 0. The summed E-state index contributed by atoms with van der Waals surface area (Å²) in [5.41, 5.74) is 2.03. The summed E-state index contributed by atoms with van der Waals surface area (Å²) in [6.45, 7) is 3.51. The van der Waals surface area contributed by atoms with E-state index in [1.165, 1.54) is 12.1 Å². The summed E-state index contributed by atoms with van der Waals surface area (Å²) in [6.07, 6.45) is 2.69. The molecule has 0 radical (unpaired) electrons. The van der Waals surface area contributed by atoms with Gasteiger partial charge in [0.05, 0.1) is 17.7 Å². The molecule has 0 saturated carbocycles. The van der Waals surface area contributed by atoms with Gasteiger partial charge in [-0.15, -0.1) is 0 Å². The van der Waals surface area contributed by atoms with Crippen molar-refractivity contribution in [3.8, 4) is 6.07 Å². The van der Waals surface area contributed by atoms with Crippen molar-refractivity contribution in [3.63, 3.8) is 0 Å². The Morgan fingerprint density at radius 1 is 1.39 bits per heavy atom. The second-order valence-corrected chi connectivity index (χ2v) is 5.81. The Balaban J connectivity index is 1.76. The van der Waals surface area contributed by atoms with Gasteiger partial charge in [-0.3, -0.25) is 0 Å². The maximum Gasteiger partial charge on any atom is 0.225 e. The molecule has 23 heavy (non-hydrogen) atoms. The number of rotatable bonds is 3. The molecule has 0 aliphatic carbocycles. The molecule has 0 spiro atoms. The van der Waals surface area contributed by atoms with E-state index in [1.54, 1.807) is 12.3 Å². The lowest BCUT2D eigenvalue weighted by Crippen LogP contribution is -2.35. The van der Waals surface area contributed by atoms with Crippen LogP contribution >= 0.6 is 0 Å². The molecule has 1 aliphatic rings. The van der Waals surface area contributed by atoms with Gasteiger partial charge in [-0.05, 0) is 37.6 Å². The molecule has 0 bridgehead atoms. The monoisotopic (exact) mass is 311 g/mol. The predicted molar refractivity (Wildman–Crippen MR) is 86.9 cm³/mol.